The molecule has 0 unspecified atom stereocenters. The third-order valence-corrected chi connectivity index (χ3v) is 7.04. The molecule has 0 bridgehead atoms. The van der Waals surface area contributed by atoms with E-state index in [1.54, 1.807) is 39.8 Å². The van der Waals surface area contributed by atoms with E-state index in [1.165, 1.54) is 10.5 Å². The van der Waals surface area contributed by atoms with Crippen LogP contribution in [0.5, 0.6) is 0 Å². The van der Waals surface area contributed by atoms with Gasteiger partial charge >= 0.3 is 0 Å². The first-order valence-corrected chi connectivity index (χ1v) is 11.7. The van der Waals surface area contributed by atoms with Gasteiger partial charge in [0.05, 0.1) is 0 Å². The smallest absolute Gasteiger partial charge is 0.253 e. The maximum absolute atomic E-state index is 12.7. The van der Waals surface area contributed by atoms with Crippen molar-refractivity contribution in [3.63, 3.8) is 0 Å². The zero-order valence-electron chi connectivity index (χ0n) is 15.6. The molecule has 27 heavy (non-hydrogen) atoms. The SMILES string of the molecule is CSc1ccc(CN(C)C(=O)c2ccc(CSc3nc(C)cs3)cc2)cc1. The lowest BCUT2D eigenvalue weighted by atomic mass is 10.1. The first-order valence-electron chi connectivity index (χ1n) is 8.57. The minimum atomic E-state index is 0.0405. The van der Waals surface area contributed by atoms with Crippen molar-refractivity contribution in [3.8, 4) is 0 Å². The molecule has 6 heteroatoms. The number of carbonyl (C=O) groups is 1. The number of aryl methyl sites for hydroxylation is 1. The van der Waals surface area contributed by atoms with Gasteiger partial charge in [-0.3, -0.25) is 4.79 Å². The molecule has 0 aliphatic heterocycles. The fourth-order valence-electron chi connectivity index (χ4n) is 2.58. The Kier molecular flexibility index (Phi) is 6.99. The van der Waals surface area contributed by atoms with Gasteiger partial charge in [0.1, 0.15) is 4.34 Å². The van der Waals surface area contributed by atoms with Gasteiger partial charge in [-0.2, -0.15) is 0 Å². The van der Waals surface area contributed by atoms with E-state index in [4.69, 9.17) is 0 Å². The van der Waals surface area contributed by atoms with Crippen LogP contribution in [-0.4, -0.2) is 29.1 Å². The van der Waals surface area contributed by atoms with Crippen molar-refractivity contribution in [1.29, 1.82) is 0 Å². The van der Waals surface area contributed by atoms with Gasteiger partial charge in [-0.15, -0.1) is 23.1 Å². The van der Waals surface area contributed by atoms with Crippen LogP contribution in [-0.2, 0) is 12.3 Å². The van der Waals surface area contributed by atoms with Gasteiger partial charge in [-0.05, 0) is 48.6 Å². The number of thioether (sulfide) groups is 2. The van der Waals surface area contributed by atoms with Gasteiger partial charge < -0.3 is 4.90 Å². The Balaban J connectivity index is 1.57. The summed E-state index contributed by atoms with van der Waals surface area (Å²) in [5.74, 6) is 0.901. The summed E-state index contributed by atoms with van der Waals surface area (Å²) in [6.07, 6.45) is 2.06. The molecule has 1 heterocycles. The first-order chi connectivity index (χ1) is 13.0. The van der Waals surface area contributed by atoms with Gasteiger partial charge in [0.15, 0.2) is 0 Å². The lowest BCUT2D eigenvalue weighted by molar-refractivity contribution is 0.0785. The maximum Gasteiger partial charge on any atom is 0.253 e. The minimum absolute atomic E-state index is 0.0405. The number of nitrogens with zero attached hydrogens (tertiary/aromatic N) is 2. The number of carbonyl (C=O) groups excluding carboxylic acids is 1. The van der Waals surface area contributed by atoms with Crippen molar-refractivity contribution >= 4 is 40.8 Å². The summed E-state index contributed by atoms with van der Waals surface area (Å²) in [5, 5.41) is 2.06. The third-order valence-electron chi connectivity index (χ3n) is 4.09. The summed E-state index contributed by atoms with van der Waals surface area (Å²) in [6.45, 7) is 2.61. The van der Waals surface area contributed by atoms with Crippen molar-refractivity contribution in [1.82, 2.24) is 9.88 Å². The Morgan fingerprint density at radius 1 is 1.07 bits per heavy atom. The van der Waals surface area contributed by atoms with Gasteiger partial charge in [0, 0.05) is 40.9 Å². The average molecular weight is 415 g/mol. The molecule has 0 aliphatic rings. The van der Waals surface area contributed by atoms with E-state index in [2.05, 4.69) is 40.9 Å². The van der Waals surface area contributed by atoms with E-state index >= 15 is 0 Å². The van der Waals surface area contributed by atoms with Crippen molar-refractivity contribution in [2.45, 2.75) is 28.5 Å². The summed E-state index contributed by atoms with van der Waals surface area (Å²) < 4.78 is 1.08. The van der Waals surface area contributed by atoms with E-state index in [0.717, 1.165) is 26.9 Å². The molecule has 2 aromatic carbocycles. The third kappa shape index (κ3) is 5.61. The summed E-state index contributed by atoms with van der Waals surface area (Å²) in [4.78, 5) is 20.1. The zero-order chi connectivity index (χ0) is 19.2. The molecule has 3 rings (SSSR count). The molecule has 3 aromatic rings. The van der Waals surface area contributed by atoms with Crippen molar-refractivity contribution in [2.24, 2.45) is 0 Å². The van der Waals surface area contributed by atoms with Gasteiger partial charge in [0.2, 0.25) is 0 Å². The summed E-state index contributed by atoms with van der Waals surface area (Å²) in [5.41, 5.74) is 4.11. The maximum atomic E-state index is 12.7. The molecule has 0 atom stereocenters. The van der Waals surface area contributed by atoms with Crippen LogP contribution in [0.4, 0.5) is 0 Å². The molecule has 0 N–H and O–H groups in total. The first kappa shape index (κ1) is 20.0. The Morgan fingerprint density at radius 2 is 1.74 bits per heavy atom. The van der Waals surface area contributed by atoms with Crippen LogP contribution in [0.25, 0.3) is 0 Å². The lowest BCUT2D eigenvalue weighted by Gasteiger charge is -2.17. The Morgan fingerprint density at radius 3 is 2.33 bits per heavy atom. The molecule has 1 aromatic heterocycles. The van der Waals surface area contributed by atoms with Crippen LogP contribution in [0.3, 0.4) is 0 Å². The van der Waals surface area contributed by atoms with Crippen molar-refractivity contribution in [3.05, 3.63) is 76.3 Å². The second kappa shape index (κ2) is 9.44. The highest BCUT2D eigenvalue weighted by Gasteiger charge is 2.12. The van der Waals surface area contributed by atoms with Crippen molar-refractivity contribution < 1.29 is 4.79 Å². The summed E-state index contributed by atoms with van der Waals surface area (Å²) >= 11 is 5.12. The van der Waals surface area contributed by atoms with Gasteiger partial charge in [0.25, 0.3) is 5.91 Å². The molecular formula is C21H22N2OS3. The van der Waals surface area contributed by atoms with Crippen molar-refractivity contribution in [2.75, 3.05) is 13.3 Å². The highest BCUT2D eigenvalue weighted by molar-refractivity contribution is 8.00. The fraction of sp³-hybridized carbons (Fsp3) is 0.238. The average Bonchev–Trinajstić information content (AvgIpc) is 3.12. The Bertz CT molecular complexity index is 889. The van der Waals surface area contributed by atoms with Crippen LogP contribution >= 0.6 is 34.9 Å². The Hall–Kier alpha value is -1.76. The number of thiazole rings is 1. The number of rotatable bonds is 7. The predicted molar refractivity (Wildman–Crippen MR) is 117 cm³/mol. The highest BCUT2D eigenvalue weighted by atomic mass is 32.2. The molecule has 0 fully saturated rings. The second-order valence-electron chi connectivity index (χ2n) is 6.25. The van der Waals surface area contributed by atoms with E-state index in [9.17, 15) is 4.79 Å². The van der Waals surface area contributed by atoms with Crippen LogP contribution < -0.4 is 0 Å². The molecule has 0 spiro atoms. The van der Waals surface area contributed by atoms with Crippen LogP contribution in [0, 0.1) is 6.92 Å². The molecule has 0 aliphatic carbocycles. The van der Waals surface area contributed by atoms with Gasteiger partial charge in [-0.1, -0.05) is 36.0 Å². The molecule has 1 amide bonds. The predicted octanol–water partition coefficient (Wildman–Crippen LogP) is 5.74. The van der Waals surface area contributed by atoms with Crippen LogP contribution in [0.15, 0.2) is 63.1 Å². The topological polar surface area (TPSA) is 33.2 Å². The monoisotopic (exact) mass is 414 g/mol. The standard InChI is InChI=1S/C21H22N2OS3/c1-15-13-26-21(22-15)27-14-17-4-8-18(9-5-17)20(24)23(2)12-16-6-10-19(25-3)11-7-16/h4-11,13H,12,14H2,1-3H3. The zero-order valence-corrected chi connectivity index (χ0v) is 18.1. The summed E-state index contributed by atoms with van der Waals surface area (Å²) in [6, 6.07) is 16.2. The quantitative estimate of drug-likeness (QED) is 0.462. The number of benzene rings is 2. The largest absolute Gasteiger partial charge is 0.337 e. The lowest BCUT2D eigenvalue weighted by Crippen LogP contribution is -2.26. The van der Waals surface area contributed by atoms with E-state index in [-0.39, 0.29) is 5.91 Å². The number of amides is 1. The molecular weight excluding hydrogens is 392 g/mol. The van der Waals surface area contributed by atoms with E-state index < -0.39 is 0 Å². The molecule has 0 saturated carbocycles. The molecule has 0 saturated heterocycles. The minimum Gasteiger partial charge on any atom is -0.337 e. The molecule has 0 radical (unpaired) electrons. The van der Waals surface area contributed by atoms with Crippen LogP contribution in [0.1, 0.15) is 27.2 Å². The second-order valence-corrected chi connectivity index (χ2v) is 9.21. The van der Waals surface area contributed by atoms with E-state index in [1.807, 2.05) is 38.2 Å². The summed E-state index contributed by atoms with van der Waals surface area (Å²) in [7, 11) is 1.85. The molecule has 3 nitrogen and oxygen atoms in total. The number of hydrogen-bond acceptors (Lipinski definition) is 5. The highest BCUT2D eigenvalue weighted by Crippen LogP contribution is 2.26. The molecule has 140 valence electrons. The Labute approximate surface area is 173 Å². The van der Waals surface area contributed by atoms with E-state index in [0.29, 0.717) is 6.54 Å². The van der Waals surface area contributed by atoms with Gasteiger partial charge in [-0.25, -0.2) is 4.98 Å². The number of aromatic nitrogens is 1. The van der Waals surface area contributed by atoms with Crippen LogP contribution in [0.2, 0.25) is 0 Å². The fourth-order valence-corrected chi connectivity index (χ4v) is 4.80. The number of hydrogen-bond donors (Lipinski definition) is 0. The normalized spacial score (nSPS) is 10.8.